The molecule has 2 rings (SSSR count). The van der Waals surface area contributed by atoms with Gasteiger partial charge in [-0.25, -0.2) is 4.79 Å². The Balaban J connectivity index is 1.79. The number of carbonyl (C=O) groups is 2. The van der Waals surface area contributed by atoms with E-state index >= 15 is 0 Å². The Kier molecular flexibility index (Phi) is 5.08. The Morgan fingerprint density at radius 2 is 1.52 bits per heavy atom. The van der Waals surface area contributed by atoms with E-state index in [0.717, 1.165) is 25.9 Å². The predicted molar refractivity (Wildman–Crippen MR) is 80.2 cm³/mol. The van der Waals surface area contributed by atoms with Crippen LogP contribution in [0.15, 0.2) is 0 Å². The van der Waals surface area contributed by atoms with Gasteiger partial charge in [-0.2, -0.15) is 0 Å². The molecule has 0 bridgehead atoms. The number of aliphatic carboxylic acids is 1. The first-order valence-electron chi connectivity index (χ1n) is 7.91. The van der Waals surface area contributed by atoms with Gasteiger partial charge in [0.1, 0.15) is 0 Å². The van der Waals surface area contributed by atoms with Crippen LogP contribution in [0.2, 0.25) is 0 Å². The molecule has 0 aliphatic carbocycles. The number of carboxylic acid groups (broad SMARTS) is 1. The SMILES string of the molecule is CCC1(C)CCN(C(=O)N2CCN(CC(=O)O)CC2)CC1. The Labute approximate surface area is 126 Å². The molecule has 1 N–H and O–H groups in total. The molecule has 120 valence electrons. The quantitative estimate of drug-likeness (QED) is 0.853. The van der Waals surface area contributed by atoms with Crippen LogP contribution in [0.4, 0.5) is 4.79 Å². The largest absolute Gasteiger partial charge is 0.480 e. The number of carboxylic acids is 1. The number of urea groups is 1. The number of piperidine rings is 1. The topological polar surface area (TPSA) is 64.1 Å². The lowest BCUT2D eigenvalue weighted by atomic mass is 9.78. The van der Waals surface area contributed by atoms with E-state index < -0.39 is 5.97 Å². The van der Waals surface area contributed by atoms with Crippen LogP contribution in [0.1, 0.15) is 33.1 Å². The van der Waals surface area contributed by atoms with E-state index in [2.05, 4.69) is 13.8 Å². The fourth-order valence-electron chi connectivity index (χ4n) is 3.08. The summed E-state index contributed by atoms with van der Waals surface area (Å²) in [5, 5.41) is 8.79. The number of hydrogen-bond donors (Lipinski definition) is 1. The van der Waals surface area contributed by atoms with E-state index in [9.17, 15) is 9.59 Å². The third kappa shape index (κ3) is 4.09. The van der Waals surface area contributed by atoms with E-state index in [1.54, 1.807) is 0 Å². The zero-order valence-corrected chi connectivity index (χ0v) is 13.2. The van der Waals surface area contributed by atoms with E-state index in [4.69, 9.17) is 5.11 Å². The van der Waals surface area contributed by atoms with Crippen molar-refractivity contribution < 1.29 is 14.7 Å². The molecular weight excluding hydrogens is 270 g/mol. The van der Waals surface area contributed by atoms with Crippen molar-refractivity contribution in [2.24, 2.45) is 5.41 Å². The molecule has 0 aromatic heterocycles. The highest BCUT2D eigenvalue weighted by Crippen LogP contribution is 2.34. The maximum Gasteiger partial charge on any atom is 0.320 e. The third-order valence-corrected chi connectivity index (χ3v) is 5.10. The molecule has 0 aromatic carbocycles. The Morgan fingerprint density at radius 1 is 1.00 bits per heavy atom. The molecule has 0 unspecified atom stereocenters. The fourth-order valence-corrected chi connectivity index (χ4v) is 3.08. The van der Waals surface area contributed by atoms with Gasteiger partial charge in [0, 0.05) is 39.3 Å². The van der Waals surface area contributed by atoms with Gasteiger partial charge < -0.3 is 14.9 Å². The summed E-state index contributed by atoms with van der Waals surface area (Å²) < 4.78 is 0. The van der Waals surface area contributed by atoms with E-state index in [1.807, 2.05) is 14.7 Å². The summed E-state index contributed by atoms with van der Waals surface area (Å²) in [6.07, 6.45) is 3.32. The number of hydrogen-bond acceptors (Lipinski definition) is 3. The Hall–Kier alpha value is -1.30. The first-order chi connectivity index (χ1) is 9.93. The lowest BCUT2D eigenvalue weighted by molar-refractivity contribution is -0.138. The van der Waals surface area contributed by atoms with Crippen LogP contribution >= 0.6 is 0 Å². The summed E-state index contributed by atoms with van der Waals surface area (Å²) in [5.41, 5.74) is 0.386. The molecule has 0 saturated carbocycles. The number of carbonyl (C=O) groups excluding carboxylic acids is 1. The Bertz CT molecular complexity index is 384. The molecule has 2 fully saturated rings. The van der Waals surface area contributed by atoms with Crippen LogP contribution in [0.3, 0.4) is 0 Å². The second-order valence-corrected chi connectivity index (χ2v) is 6.59. The molecule has 6 nitrogen and oxygen atoms in total. The molecule has 0 aromatic rings. The van der Waals surface area contributed by atoms with Crippen molar-refractivity contribution in [2.45, 2.75) is 33.1 Å². The summed E-state index contributed by atoms with van der Waals surface area (Å²) in [5.74, 6) is -0.801. The fraction of sp³-hybridized carbons (Fsp3) is 0.867. The van der Waals surface area contributed by atoms with E-state index in [-0.39, 0.29) is 12.6 Å². The van der Waals surface area contributed by atoms with E-state index in [0.29, 0.717) is 31.6 Å². The van der Waals surface area contributed by atoms with Gasteiger partial charge in [-0.05, 0) is 18.3 Å². The van der Waals surface area contributed by atoms with Crippen molar-refractivity contribution in [3.8, 4) is 0 Å². The molecule has 21 heavy (non-hydrogen) atoms. The molecule has 0 radical (unpaired) electrons. The monoisotopic (exact) mass is 297 g/mol. The minimum atomic E-state index is -0.801. The van der Waals surface area contributed by atoms with Gasteiger partial charge in [-0.3, -0.25) is 9.69 Å². The maximum absolute atomic E-state index is 12.5. The van der Waals surface area contributed by atoms with Crippen LogP contribution in [-0.4, -0.2) is 77.6 Å². The van der Waals surface area contributed by atoms with Crippen LogP contribution < -0.4 is 0 Å². The third-order valence-electron chi connectivity index (χ3n) is 5.10. The zero-order chi connectivity index (χ0) is 15.5. The van der Waals surface area contributed by atoms with Gasteiger partial charge in [0.2, 0.25) is 0 Å². The van der Waals surface area contributed by atoms with Crippen molar-refractivity contribution in [3.63, 3.8) is 0 Å². The smallest absolute Gasteiger partial charge is 0.320 e. The average Bonchev–Trinajstić information content (AvgIpc) is 2.47. The summed E-state index contributed by atoms with van der Waals surface area (Å²) in [6, 6.07) is 0.128. The first kappa shape index (κ1) is 16.1. The summed E-state index contributed by atoms with van der Waals surface area (Å²) in [6.45, 7) is 8.86. The highest BCUT2D eigenvalue weighted by molar-refractivity contribution is 5.75. The summed E-state index contributed by atoms with van der Waals surface area (Å²) in [7, 11) is 0. The van der Waals surface area contributed by atoms with Crippen LogP contribution in [-0.2, 0) is 4.79 Å². The summed E-state index contributed by atoms with van der Waals surface area (Å²) in [4.78, 5) is 28.9. The molecule has 2 aliphatic heterocycles. The predicted octanol–water partition coefficient (Wildman–Crippen LogP) is 1.32. The molecule has 2 heterocycles. The zero-order valence-electron chi connectivity index (χ0n) is 13.2. The number of piperazine rings is 1. The minimum Gasteiger partial charge on any atom is -0.480 e. The van der Waals surface area contributed by atoms with Gasteiger partial charge in [0.05, 0.1) is 6.54 Å². The van der Waals surface area contributed by atoms with Gasteiger partial charge >= 0.3 is 12.0 Å². The standard InChI is InChI=1S/C15H27N3O3/c1-3-15(2)4-6-17(7-5-15)14(21)18-10-8-16(9-11-18)12-13(19)20/h3-12H2,1-2H3,(H,19,20). The highest BCUT2D eigenvalue weighted by Gasteiger charge is 2.33. The van der Waals surface area contributed by atoms with Crippen molar-refractivity contribution in [1.29, 1.82) is 0 Å². The van der Waals surface area contributed by atoms with Gasteiger partial charge in [0.25, 0.3) is 0 Å². The second kappa shape index (κ2) is 6.64. The number of amides is 2. The molecular formula is C15H27N3O3. The minimum absolute atomic E-state index is 0.0700. The molecule has 0 spiro atoms. The molecule has 6 heteroatoms. The molecule has 2 amide bonds. The highest BCUT2D eigenvalue weighted by atomic mass is 16.4. The second-order valence-electron chi connectivity index (χ2n) is 6.59. The van der Waals surface area contributed by atoms with Crippen LogP contribution in [0.5, 0.6) is 0 Å². The first-order valence-corrected chi connectivity index (χ1v) is 7.91. The van der Waals surface area contributed by atoms with Crippen molar-refractivity contribution in [1.82, 2.24) is 14.7 Å². The number of rotatable bonds is 3. The van der Waals surface area contributed by atoms with Gasteiger partial charge in [-0.15, -0.1) is 0 Å². The normalized spacial score (nSPS) is 23.1. The average molecular weight is 297 g/mol. The lowest BCUT2D eigenvalue weighted by Gasteiger charge is -2.42. The van der Waals surface area contributed by atoms with Crippen molar-refractivity contribution in [2.75, 3.05) is 45.8 Å². The van der Waals surface area contributed by atoms with Crippen LogP contribution in [0, 0.1) is 5.41 Å². The van der Waals surface area contributed by atoms with Gasteiger partial charge in [0.15, 0.2) is 0 Å². The number of nitrogens with zero attached hydrogens (tertiary/aromatic N) is 3. The summed E-state index contributed by atoms with van der Waals surface area (Å²) >= 11 is 0. The molecule has 0 atom stereocenters. The van der Waals surface area contributed by atoms with E-state index in [1.165, 1.54) is 6.42 Å². The lowest BCUT2D eigenvalue weighted by Crippen LogP contribution is -2.55. The Morgan fingerprint density at radius 3 is 2.00 bits per heavy atom. The van der Waals surface area contributed by atoms with Crippen molar-refractivity contribution >= 4 is 12.0 Å². The number of likely N-dealkylation sites (tertiary alicyclic amines) is 1. The maximum atomic E-state index is 12.5. The van der Waals surface area contributed by atoms with Crippen LogP contribution in [0.25, 0.3) is 0 Å². The molecule has 2 saturated heterocycles. The van der Waals surface area contributed by atoms with Gasteiger partial charge in [-0.1, -0.05) is 20.3 Å². The van der Waals surface area contributed by atoms with Crippen molar-refractivity contribution in [3.05, 3.63) is 0 Å². The molecule has 2 aliphatic rings.